The van der Waals surface area contributed by atoms with Crippen molar-refractivity contribution < 1.29 is 35.8 Å². The molecular weight excluding hydrogens is 528 g/mol. The summed E-state index contributed by atoms with van der Waals surface area (Å²) >= 11 is 5.89. The van der Waals surface area contributed by atoms with E-state index in [4.69, 9.17) is 21.1 Å². The molecule has 196 valence electrons. The van der Waals surface area contributed by atoms with Crippen LogP contribution < -0.4 is 9.47 Å². The molecule has 0 aliphatic carbocycles. The third-order valence-corrected chi connectivity index (χ3v) is 5.91. The van der Waals surface area contributed by atoms with Crippen LogP contribution in [0.2, 0.25) is 5.28 Å². The van der Waals surface area contributed by atoms with Crippen LogP contribution in [0.4, 0.5) is 26.3 Å². The maximum atomic E-state index is 13.2. The van der Waals surface area contributed by atoms with Crippen molar-refractivity contribution in [2.45, 2.75) is 50.5 Å². The first-order valence-corrected chi connectivity index (χ1v) is 11.0. The van der Waals surface area contributed by atoms with Crippen molar-refractivity contribution in [1.82, 2.24) is 15.0 Å². The fraction of sp³-hybridized carbons (Fsp3) is 0.348. The molecule has 0 fully saturated rings. The van der Waals surface area contributed by atoms with Crippen molar-refractivity contribution in [3.05, 3.63) is 76.1 Å². The minimum absolute atomic E-state index is 0.0645. The van der Waals surface area contributed by atoms with E-state index in [0.29, 0.717) is 11.1 Å². The van der Waals surface area contributed by atoms with Gasteiger partial charge < -0.3 is 9.47 Å². The monoisotopic (exact) mass is 545 g/mol. The minimum Gasteiger partial charge on any atom is -0.458 e. The lowest BCUT2D eigenvalue weighted by molar-refractivity contribution is -0.180. The molecule has 1 aliphatic heterocycles. The molecule has 0 saturated carbocycles. The maximum absolute atomic E-state index is 13.2. The lowest BCUT2D eigenvalue weighted by Crippen LogP contribution is -2.36. The average molecular weight is 546 g/mol. The van der Waals surface area contributed by atoms with Crippen molar-refractivity contribution in [3.8, 4) is 12.0 Å². The van der Waals surface area contributed by atoms with Gasteiger partial charge in [-0.15, -0.1) is 15.2 Å². The van der Waals surface area contributed by atoms with E-state index in [1.807, 2.05) is 0 Å². The number of nitrogens with zero attached hydrogens (tertiary/aromatic N) is 5. The fourth-order valence-electron chi connectivity index (χ4n) is 3.20. The molecule has 0 amide bonds. The van der Waals surface area contributed by atoms with E-state index >= 15 is 0 Å². The van der Waals surface area contributed by atoms with Gasteiger partial charge in [-0.2, -0.15) is 36.3 Å². The Balaban J connectivity index is 1.36. The molecular formula is C23H18ClF6N5O2. The SMILES string of the molecule is CC(C)(c1ccc(COc2nc(Cl)nc(OCc3ccc(C4(C(F)(F)F)N=N4)cc3)n2)cc1)C(F)(F)F. The van der Waals surface area contributed by atoms with Gasteiger partial charge in [-0.05, 0) is 42.1 Å². The molecule has 0 bridgehead atoms. The van der Waals surface area contributed by atoms with E-state index in [2.05, 4.69) is 25.2 Å². The number of ether oxygens (including phenoxy) is 2. The smallest absolute Gasteiger partial charge is 0.442 e. The fourth-order valence-corrected chi connectivity index (χ4v) is 3.34. The molecule has 4 rings (SSSR count). The second-order valence-electron chi connectivity index (χ2n) is 8.63. The zero-order valence-electron chi connectivity index (χ0n) is 19.2. The van der Waals surface area contributed by atoms with E-state index in [1.165, 1.54) is 48.5 Å². The van der Waals surface area contributed by atoms with E-state index in [1.54, 1.807) is 0 Å². The Labute approximate surface area is 211 Å². The summed E-state index contributed by atoms with van der Waals surface area (Å²) in [6.45, 7) is 2.03. The first-order chi connectivity index (χ1) is 17.2. The number of rotatable bonds is 8. The summed E-state index contributed by atoms with van der Waals surface area (Å²) < 4.78 is 89.9. The molecule has 1 aliphatic rings. The number of benzene rings is 2. The molecule has 37 heavy (non-hydrogen) atoms. The van der Waals surface area contributed by atoms with Crippen LogP contribution in [0.3, 0.4) is 0 Å². The third kappa shape index (κ3) is 5.60. The highest BCUT2D eigenvalue weighted by molar-refractivity contribution is 6.28. The first-order valence-electron chi connectivity index (χ1n) is 10.6. The second kappa shape index (κ2) is 9.43. The van der Waals surface area contributed by atoms with Gasteiger partial charge in [0.25, 0.3) is 0 Å². The van der Waals surface area contributed by atoms with Gasteiger partial charge in [0.05, 0.1) is 5.41 Å². The Morgan fingerprint density at radius 3 is 1.59 bits per heavy atom. The Morgan fingerprint density at radius 1 is 0.730 bits per heavy atom. The van der Waals surface area contributed by atoms with Crippen LogP contribution in [0, 0.1) is 0 Å². The standard InChI is InChI=1S/C23H18ClF6N5O2/c1-20(2,22(25,26)27)15-7-3-13(4-8-15)11-36-18-31-17(24)32-19(33-18)37-12-14-5-9-16(10-6-14)21(34-35-21)23(28,29)30/h3-10H,11-12H2,1-2H3. The predicted octanol–water partition coefficient (Wildman–Crippen LogP) is 6.70. The summed E-state index contributed by atoms with van der Waals surface area (Å²) in [5, 5.41) is 6.07. The summed E-state index contributed by atoms with van der Waals surface area (Å²) in [6, 6.07) is 10.7. The van der Waals surface area contributed by atoms with Crippen molar-refractivity contribution >= 4 is 11.6 Å². The first kappa shape index (κ1) is 26.6. The number of aromatic nitrogens is 3. The van der Waals surface area contributed by atoms with Crippen molar-refractivity contribution in [2.75, 3.05) is 0 Å². The number of hydrogen-bond donors (Lipinski definition) is 0. The highest BCUT2D eigenvalue weighted by atomic mass is 35.5. The number of hydrogen-bond acceptors (Lipinski definition) is 7. The molecule has 0 radical (unpaired) electrons. The summed E-state index contributed by atoms with van der Waals surface area (Å²) in [7, 11) is 0. The molecule has 14 heteroatoms. The van der Waals surface area contributed by atoms with Gasteiger partial charge in [0.2, 0.25) is 5.28 Å². The summed E-state index contributed by atoms with van der Waals surface area (Å²) in [5.41, 5.74) is -3.45. The molecule has 3 aromatic rings. The van der Waals surface area contributed by atoms with E-state index in [0.717, 1.165) is 13.8 Å². The molecule has 0 N–H and O–H groups in total. The van der Waals surface area contributed by atoms with E-state index < -0.39 is 23.4 Å². The average Bonchev–Trinajstić information content (AvgIpc) is 3.64. The van der Waals surface area contributed by atoms with Crippen LogP contribution in [-0.4, -0.2) is 27.3 Å². The Bertz CT molecular complexity index is 1210. The van der Waals surface area contributed by atoms with Gasteiger partial charge in [0.15, 0.2) is 0 Å². The Morgan fingerprint density at radius 2 is 1.19 bits per heavy atom. The molecule has 2 aromatic carbocycles. The predicted molar refractivity (Wildman–Crippen MR) is 118 cm³/mol. The second-order valence-corrected chi connectivity index (χ2v) is 8.97. The molecule has 1 aromatic heterocycles. The maximum Gasteiger partial charge on any atom is 0.442 e. The van der Waals surface area contributed by atoms with Gasteiger partial charge in [0, 0.05) is 5.56 Å². The molecule has 0 spiro atoms. The number of halogens is 7. The lowest BCUT2D eigenvalue weighted by atomic mass is 9.83. The molecule has 0 unspecified atom stereocenters. The van der Waals surface area contributed by atoms with Crippen LogP contribution in [0.5, 0.6) is 12.0 Å². The normalized spacial score (nSPS) is 14.9. The molecule has 2 heterocycles. The van der Waals surface area contributed by atoms with Crippen molar-refractivity contribution in [2.24, 2.45) is 10.2 Å². The summed E-state index contributed by atoms with van der Waals surface area (Å²) in [5.74, 6) is 0. The third-order valence-electron chi connectivity index (χ3n) is 5.74. The summed E-state index contributed by atoms with van der Waals surface area (Å²) in [6.07, 6.45) is -9.02. The number of alkyl halides is 6. The van der Waals surface area contributed by atoms with Crippen LogP contribution >= 0.6 is 11.6 Å². The Hall–Kier alpha value is -3.48. The van der Waals surface area contributed by atoms with Crippen molar-refractivity contribution in [3.63, 3.8) is 0 Å². The van der Waals surface area contributed by atoms with Crippen LogP contribution in [0.1, 0.15) is 36.1 Å². The highest BCUT2D eigenvalue weighted by Crippen LogP contribution is 2.52. The minimum atomic E-state index is -4.62. The zero-order chi connectivity index (χ0) is 27.1. The van der Waals surface area contributed by atoms with E-state index in [-0.39, 0.29) is 41.6 Å². The van der Waals surface area contributed by atoms with Gasteiger partial charge >= 0.3 is 30.0 Å². The molecule has 0 saturated heterocycles. The summed E-state index contributed by atoms with van der Waals surface area (Å²) in [4.78, 5) is 11.6. The molecule has 0 atom stereocenters. The topological polar surface area (TPSA) is 81.9 Å². The Kier molecular flexibility index (Phi) is 6.78. The zero-order valence-corrected chi connectivity index (χ0v) is 20.0. The lowest BCUT2D eigenvalue weighted by Gasteiger charge is -2.28. The van der Waals surface area contributed by atoms with Crippen LogP contribution in [-0.2, 0) is 24.3 Å². The van der Waals surface area contributed by atoms with E-state index in [9.17, 15) is 26.3 Å². The van der Waals surface area contributed by atoms with Crippen molar-refractivity contribution in [1.29, 1.82) is 0 Å². The molecule has 7 nitrogen and oxygen atoms in total. The highest BCUT2D eigenvalue weighted by Gasteiger charge is 2.65. The van der Waals surface area contributed by atoms with Crippen LogP contribution in [0.25, 0.3) is 0 Å². The van der Waals surface area contributed by atoms with Crippen LogP contribution in [0.15, 0.2) is 58.8 Å². The van der Waals surface area contributed by atoms with Gasteiger partial charge in [-0.1, -0.05) is 48.5 Å². The van der Waals surface area contributed by atoms with Gasteiger partial charge in [-0.3, -0.25) is 0 Å². The largest absolute Gasteiger partial charge is 0.458 e. The quantitative estimate of drug-likeness (QED) is 0.294. The van der Waals surface area contributed by atoms with Gasteiger partial charge in [-0.25, -0.2) is 0 Å². The van der Waals surface area contributed by atoms with Gasteiger partial charge in [0.1, 0.15) is 13.2 Å².